The van der Waals surface area contributed by atoms with E-state index in [1.807, 2.05) is 36.9 Å². The monoisotopic (exact) mass is 195 g/mol. The van der Waals surface area contributed by atoms with E-state index in [2.05, 4.69) is 27.3 Å². The first kappa shape index (κ1) is 8.17. The SMILES string of the molecule is c1ccc2c(-c3cn[nH]c3)cncc2c1. The average Bonchev–Trinajstić information content (AvgIpc) is 2.82. The first-order valence-electron chi connectivity index (χ1n) is 4.77. The number of hydrogen-bond acceptors (Lipinski definition) is 2. The summed E-state index contributed by atoms with van der Waals surface area (Å²) >= 11 is 0. The minimum atomic E-state index is 1.07. The Morgan fingerprint density at radius 2 is 1.93 bits per heavy atom. The van der Waals surface area contributed by atoms with Crippen LogP contribution in [0.5, 0.6) is 0 Å². The van der Waals surface area contributed by atoms with Gasteiger partial charge in [-0.2, -0.15) is 5.10 Å². The first-order chi connectivity index (χ1) is 7.45. The molecular weight excluding hydrogens is 186 g/mol. The normalized spacial score (nSPS) is 10.7. The molecule has 1 aromatic carbocycles. The van der Waals surface area contributed by atoms with Crippen molar-refractivity contribution in [1.82, 2.24) is 15.2 Å². The van der Waals surface area contributed by atoms with Gasteiger partial charge < -0.3 is 0 Å². The van der Waals surface area contributed by atoms with Gasteiger partial charge in [0.1, 0.15) is 0 Å². The fourth-order valence-corrected chi connectivity index (χ4v) is 1.74. The molecule has 0 amide bonds. The Bertz CT molecular complexity index is 579. The smallest absolute Gasteiger partial charge is 0.0566 e. The fourth-order valence-electron chi connectivity index (χ4n) is 1.74. The molecule has 0 radical (unpaired) electrons. The highest BCUT2D eigenvalue weighted by molar-refractivity contribution is 5.95. The zero-order valence-electron chi connectivity index (χ0n) is 8.01. The van der Waals surface area contributed by atoms with Gasteiger partial charge >= 0.3 is 0 Å². The summed E-state index contributed by atoms with van der Waals surface area (Å²) in [4.78, 5) is 4.23. The lowest BCUT2D eigenvalue weighted by Crippen LogP contribution is -1.81. The number of aromatic amines is 1. The highest BCUT2D eigenvalue weighted by Gasteiger charge is 2.03. The number of pyridine rings is 1. The van der Waals surface area contributed by atoms with Gasteiger partial charge in [-0.3, -0.25) is 10.1 Å². The lowest BCUT2D eigenvalue weighted by atomic mass is 10.0. The Balaban J connectivity index is 2.36. The summed E-state index contributed by atoms with van der Waals surface area (Å²) in [5.41, 5.74) is 2.18. The Morgan fingerprint density at radius 1 is 1.00 bits per heavy atom. The molecular formula is C12H9N3. The van der Waals surface area contributed by atoms with Gasteiger partial charge in [0.2, 0.25) is 0 Å². The molecule has 2 heterocycles. The fraction of sp³-hybridized carbons (Fsp3) is 0. The number of fused-ring (bicyclic) bond motifs is 1. The van der Waals surface area contributed by atoms with Gasteiger partial charge in [-0.1, -0.05) is 24.3 Å². The lowest BCUT2D eigenvalue weighted by molar-refractivity contribution is 1.09. The second-order valence-corrected chi connectivity index (χ2v) is 3.40. The molecule has 0 aliphatic heterocycles. The van der Waals surface area contributed by atoms with Crippen LogP contribution in [0.3, 0.4) is 0 Å². The van der Waals surface area contributed by atoms with Crippen molar-refractivity contribution >= 4 is 10.8 Å². The number of hydrogen-bond donors (Lipinski definition) is 1. The Kier molecular flexibility index (Phi) is 1.75. The van der Waals surface area contributed by atoms with Crippen LogP contribution in [0.2, 0.25) is 0 Å². The summed E-state index contributed by atoms with van der Waals surface area (Å²) in [7, 11) is 0. The number of nitrogens with zero attached hydrogens (tertiary/aromatic N) is 2. The van der Waals surface area contributed by atoms with Crippen LogP contribution in [0, 0.1) is 0 Å². The maximum Gasteiger partial charge on any atom is 0.0566 e. The molecule has 72 valence electrons. The van der Waals surface area contributed by atoms with Crippen LogP contribution in [0.25, 0.3) is 21.9 Å². The second kappa shape index (κ2) is 3.20. The average molecular weight is 195 g/mol. The molecule has 15 heavy (non-hydrogen) atoms. The van der Waals surface area contributed by atoms with Crippen LogP contribution >= 0.6 is 0 Å². The summed E-state index contributed by atoms with van der Waals surface area (Å²) < 4.78 is 0. The largest absolute Gasteiger partial charge is 0.285 e. The minimum Gasteiger partial charge on any atom is -0.285 e. The van der Waals surface area contributed by atoms with Gasteiger partial charge in [0.25, 0.3) is 0 Å². The minimum absolute atomic E-state index is 1.07. The molecule has 0 saturated carbocycles. The third-order valence-corrected chi connectivity index (χ3v) is 2.48. The molecule has 0 aliphatic carbocycles. The highest BCUT2D eigenvalue weighted by Crippen LogP contribution is 2.26. The standard InChI is InChI=1S/C12H9N3/c1-2-4-11-9(3-1)5-13-8-12(11)10-6-14-15-7-10/h1-8H,(H,14,15). The Hall–Kier alpha value is -2.16. The van der Waals surface area contributed by atoms with Crippen molar-refractivity contribution in [1.29, 1.82) is 0 Å². The third-order valence-electron chi connectivity index (χ3n) is 2.48. The van der Waals surface area contributed by atoms with E-state index in [1.165, 1.54) is 5.39 Å². The van der Waals surface area contributed by atoms with E-state index in [0.29, 0.717) is 0 Å². The van der Waals surface area contributed by atoms with Crippen LogP contribution in [-0.2, 0) is 0 Å². The quantitative estimate of drug-likeness (QED) is 0.648. The molecule has 2 aromatic heterocycles. The van der Waals surface area contributed by atoms with E-state index < -0.39 is 0 Å². The van der Waals surface area contributed by atoms with Crippen LogP contribution in [0.4, 0.5) is 0 Å². The molecule has 3 rings (SSSR count). The maximum absolute atomic E-state index is 4.23. The molecule has 3 aromatic rings. The number of aromatic nitrogens is 3. The van der Waals surface area contributed by atoms with Crippen LogP contribution < -0.4 is 0 Å². The van der Waals surface area contributed by atoms with Gasteiger partial charge in [-0.15, -0.1) is 0 Å². The zero-order valence-corrected chi connectivity index (χ0v) is 8.01. The van der Waals surface area contributed by atoms with E-state index in [-0.39, 0.29) is 0 Å². The van der Waals surface area contributed by atoms with Crippen molar-refractivity contribution in [2.24, 2.45) is 0 Å². The van der Waals surface area contributed by atoms with Gasteiger partial charge in [-0.25, -0.2) is 0 Å². The zero-order chi connectivity index (χ0) is 10.1. The highest BCUT2D eigenvalue weighted by atomic mass is 15.1. The summed E-state index contributed by atoms with van der Waals surface area (Å²) in [6.07, 6.45) is 7.43. The van der Waals surface area contributed by atoms with Gasteiger partial charge in [0, 0.05) is 35.1 Å². The molecule has 0 aliphatic rings. The molecule has 0 unspecified atom stereocenters. The van der Waals surface area contributed by atoms with Crippen molar-refractivity contribution in [2.75, 3.05) is 0 Å². The predicted octanol–water partition coefficient (Wildman–Crippen LogP) is 2.62. The lowest BCUT2D eigenvalue weighted by Gasteiger charge is -2.02. The maximum atomic E-state index is 4.23. The molecule has 0 spiro atoms. The van der Waals surface area contributed by atoms with E-state index in [9.17, 15) is 0 Å². The van der Waals surface area contributed by atoms with Crippen molar-refractivity contribution < 1.29 is 0 Å². The van der Waals surface area contributed by atoms with E-state index in [0.717, 1.165) is 16.5 Å². The number of nitrogens with one attached hydrogen (secondary N) is 1. The second-order valence-electron chi connectivity index (χ2n) is 3.40. The van der Waals surface area contributed by atoms with Crippen LogP contribution in [-0.4, -0.2) is 15.2 Å². The predicted molar refractivity (Wildman–Crippen MR) is 59.3 cm³/mol. The van der Waals surface area contributed by atoms with Crippen molar-refractivity contribution in [2.45, 2.75) is 0 Å². The topological polar surface area (TPSA) is 41.6 Å². The Morgan fingerprint density at radius 3 is 2.80 bits per heavy atom. The molecule has 0 atom stereocenters. The van der Waals surface area contributed by atoms with Gasteiger partial charge in [-0.05, 0) is 5.39 Å². The van der Waals surface area contributed by atoms with E-state index in [1.54, 1.807) is 0 Å². The van der Waals surface area contributed by atoms with Crippen molar-refractivity contribution in [3.63, 3.8) is 0 Å². The molecule has 0 fully saturated rings. The van der Waals surface area contributed by atoms with E-state index in [4.69, 9.17) is 0 Å². The summed E-state index contributed by atoms with van der Waals surface area (Å²) in [6, 6.07) is 8.21. The van der Waals surface area contributed by atoms with Crippen LogP contribution in [0.1, 0.15) is 0 Å². The van der Waals surface area contributed by atoms with E-state index >= 15 is 0 Å². The first-order valence-corrected chi connectivity index (χ1v) is 4.77. The number of H-pyrrole nitrogens is 1. The molecule has 0 saturated heterocycles. The molecule has 3 heteroatoms. The number of benzene rings is 1. The van der Waals surface area contributed by atoms with Crippen molar-refractivity contribution in [3.05, 3.63) is 49.1 Å². The molecule has 1 N–H and O–H groups in total. The van der Waals surface area contributed by atoms with Crippen LogP contribution in [0.15, 0.2) is 49.1 Å². The summed E-state index contributed by atoms with van der Waals surface area (Å²) in [5, 5.41) is 9.12. The molecule has 3 nitrogen and oxygen atoms in total. The Labute approximate surface area is 86.8 Å². The van der Waals surface area contributed by atoms with Gasteiger partial charge in [0.05, 0.1) is 6.20 Å². The summed E-state index contributed by atoms with van der Waals surface area (Å²) in [5.74, 6) is 0. The number of rotatable bonds is 1. The van der Waals surface area contributed by atoms with Gasteiger partial charge in [0.15, 0.2) is 0 Å². The van der Waals surface area contributed by atoms with Crippen molar-refractivity contribution in [3.8, 4) is 11.1 Å². The summed E-state index contributed by atoms with van der Waals surface area (Å²) in [6.45, 7) is 0. The molecule has 0 bridgehead atoms. The third kappa shape index (κ3) is 1.29.